The zero-order valence-corrected chi connectivity index (χ0v) is 5.89. The Kier molecular flexibility index (Phi) is 3.61. The van der Waals surface area contributed by atoms with E-state index in [9.17, 15) is 14.1 Å². The zero-order valence-electron chi connectivity index (χ0n) is 5.89. The summed E-state index contributed by atoms with van der Waals surface area (Å²) in [7, 11) is 0. The summed E-state index contributed by atoms with van der Waals surface area (Å²) in [5.41, 5.74) is 0. The van der Waals surface area contributed by atoms with Gasteiger partial charge in [-0.1, -0.05) is 6.92 Å². The summed E-state index contributed by atoms with van der Waals surface area (Å²) in [5, 5.41) is 0. The molecule has 0 fully saturated rings. The van der Waals surface area contributed by atoms with Crippen LogP contribution >= 0.6 is 0 Å². The Morgan fingerprint density at radius 2 is 2.10 bits per heavy atom. The molecule has 0 saturated heterocycles. The first-order chi connectivity index (χ1) is 4.63. The van der Waals surface area contributed by atoms with Gasteiger partial charge in [0, 0.05) is 4.53 Å². The molecule has 0 aromatic rings. The molecule has 0 N–H and O–H groups in total. The topological polar surface area (TPSA) is 43.4 Å². The van der Waals surface area contributed by atoms with Crippen molar-refractivity contribution in [1.82, 2.24) is 0 Å². The zero-order chi connectivity index (χ0) is 8.15. The fourth-order valence-electron chi connectivity index (χ4n) is 0.674. The molecular formula is C6H9FO3. The van der Waals surface area contributed by atoms with Crippen molar-refractivity contribution in [3.63, 3.8) is 0 Å². The van der Waals surface area contributed by atoms with E-state index in [4.69, 9.17) is 0 Å². The van der Waals surface area contributed by atoms with Crippen LogP contribution in [0.25, 0.3) is 0 Å². The average molecular weight is 148 g/mol. The first-order valence-electron chi connectivity index (χ1n) is 2.96. The van der Waals surface area contributed by atoms with Gasteiger partial charge in [0.15, 0.2) is 0 Å². The monoisotopic (exact) mass is 148 g/mol. The van der Waals surface area contributed by atoms with Crippen molar-refractivity contribution in [2.45, 2.75) is 20.3 Å². The van der Waals surface area contributed by atoms with Crippen LogP contribution in [0.4, 0.5) is 4.53 Å². The number of rotatable bonds is 3. The minimum atomic E-state index is -1.10. The van der Waals surface area contributed by atoms with Crippen molar-refractivity contribution < 1.29 is 19.1 Å². The maximum atomic E-state index is 11.2. The van der Waals surface area contributed by atoms with Crippen LogP contribution in [0, 0.1) is 5.92 Å². The first-order valence-corrected chi connectivity index (χ1v) is 2.96. The fraction of sp³-hybridized carbons (Fsp3) is 0.667. The maximum Gasteiger partial charge on any atom is 0.359 e. The minimum Gasteiger partial charge on any atom is -0.299 e. The van der Waals surface area contributed by atoms with E-state index in [1.165, 1.54) is 6.92 Å². The number of carbonyl (C=O) groups excluding carboxylic acids is 2. The molecule has 3 nitrogen and oxygen atoms in total. The molecule has 4 heteroatoms. The van der Waals surface area contributed by atoms with Crippen LogP contribution in [0.2, 0.25) is 0 Å². The highest BCUT2D eigenvalue weighted by Gasteiger charge is 2.23. The van der Waals surface area contributed by atoms with Crippen LogP contribution in [0.3, 0.4) is 0 Å². The number of carbonyl (C=O) groups is 2. The molecule has 0 aliphatic rings. The molecule has 0 heterocycles. The summed E-state index contributed by atoms with van der Waals surface area (Å²) in [5.74, 6) is -2.41. The molecule has 0 aliphatic carbocycles. The Balaban J connectivity index is 4.06. The number of Topliss-reactive ketones (excluding diaryl/α,β-unsaturated/α-hetero) is 1. The van der Waals surface area contributed by atoms with Crippen molar-refractivity contribution in [3.8, 4) is 0 Å². The molecule has 1 unspecified atom stereocenters. The Bertz CT molecular complexity index is 144. The normalized spacial score (nSPS) is 12.3. The lowest BCUT2D eigenvalue weighted by atomic mass is 10.0. The van der Waals surface area contributed by atoms with Gasteiger partial charge in [-0.05, 0) is 13.3 Å². The molecule has 0 amide bonds. The largest absolute Gasteiger partial charge is 0.359 e. The number of hydrogen-bond acceptors (Lipinski definition) is 3. The van der Waals surface area contributed by atoms with Crippen molar-refractivity contribution in [2.75, 3.05) is 0 Å². The van der Waals surface area contributed by atoms with Crippen molar-refractivity contribution in [1.29, 1.82) is 0 Å². The average Bonchev–Trinajstić information content (AvgIpc) is 1.88. The van der Waals surface area contributed by atoms with Crippen LogP contribution < -0.4 is 0 Å². The molecule has 10 heavy (non-hydrogen) atoms. The third kappa shape index (κ3) is 2.13. The Labute approximate surface area is 58.1 Å². The third-order valence-electron chi connectivity index (χ3n) is 1.26. The quantitative estimate of drug-likeness (QED) is 0.561. The van der Waals surface area contributed by atoms with Gasteiger partial charge in [0.2, 0.25) is 0 Å². The second kappa shape index (κ2) is 3.98. The smallest absolute Gasteiger partial charge is 0.299 e. The summed E-state index contributed by atoms with van der Waals surface area (Å²) in [6.45, 7) is 2.84. The van der Waals surface area contributed by atoms with Gasteiger partial charge in [0.05, 0.1) is 0 Å². The van der Waals surface area contributed by atoms with E-state index in [0.717, 1.165) is 0 Å². The number of ketones is 1. The second-order valence-electron chi connectivity index (χ2n) is 1.97. The highest BCUT2D eigenvalue weighted by Crippen LogP contribution is 2.06. The van der Waals surface area contributed by atoms with E-state index in [-0.39, 0.29) is 12.2 Å². The summed E-state index contributed by atoms with van der Waals surface area (Å²) in [6.07, 6.45) is 0.276. The lowest BCUT2D eigenvalue weighted by molar-refractivity contribution is -0.189. The van der Waals surface area contributed by atoms with Crippen molar-refractivity contribution in [2.24, 2.45) is 5.92 Å². The Morgan fingerprint density at radius 3 is 2.20 bits per heavy atom. The van der Waals surface area contributed by atoms with Crippen molar-refractivity contribution >= 4 is 11.8 Å². The SMILES string of the molecule is CCC(C(C)=O)C(=O)OF. The van der Waals surface area contributed by atoms with E-state index < -0.39 is 11.9 Å². The van der Waals surface area contributed by atoms with Gasteiger partial charge in [-0.3, -0.25) is 9.74 Å². The number of halogens is 1. The van der Waals surface area contributed by atoms with Crippen LogP contribution in [0.5, 0.6) is 0 Å². The molecule has 0 radical (unpaired) electrons. The van der Waals surface area contributed by atoms with Gasteiger partial charge >= 0.3 is 5.97 Å². The molecule has 1 atom stereocenters. The number of hydrogen-bond donors (Lipinski definition) is 0. The van der Waals surface area contributed by atoms with Gasteiger partial charge < -0.3 is 0 Å². The molecule has 0 aromatic heterocycles. The molecule has 0 bridgehead atoms. The van der Waals surface area contributed by atoms with Gasteiger partial charge in [0.25, 0.3) is 0 Å². The summed E-state index contributed by atoms with van der Waals surface area (Å²) >= 11 is 0. The molecule has 0 spiro atoms. The van der Waals surface area contributed by atoms with E-state index in [1.54, 1.807) is 6.92 Å². The highest BCUT2D eigenvalue weighted by atomic mass is 19.3. The van der Waals surface area contributed by atoms with Gasteiger partial charge in [-0.15, -0.1) is 0 Å². The molecular weight excluding hydrogens is 139 g/mol. The predicted molar refractivity (Wildman–Crippen MR) is 31.7 cm³/mol. The van der Waals surface area contributed by atoms with Gasteiger partial charge in [-0.25, -0.2) is 4.79 Å². The van der Waals surface area contributed by atoms with Crippen molar-refractivity contribution in [3.05, 3.63) is 0 Å². The van der Waals surface area contributed by atoms with Crippen LogP contribution in [0.15, 0.2) is 0 Å². The molecule has 58 valence electrons. The standard InChI is InChI=1S/C6H9FO3/c1-3-5(4(2)8)6(9)10-7/h5H,3H2,1-2H3. The Hall–Kier alpha value is -0.930. The summed E-state index contributed by atoms with van der Waals surface area (Å²) in [4.78, 5) is 23.8. The summed E-state index contributed by atoms with van der Waals surface area (Å²) in [6, 6.07) is 0. The maximum absolute atomic E-state index is 11.2. The third-order valence-corrected chi connectivity index (χ3v) is 1.26. The molecule has 0 aliphatic heterocycles. The minimum absolute atomic E-state index is 0.276. The molecule has 0 saturated carbocycles. The van der Waals surface area contributed by atoms with E-state index in [1.807, 2.05) is 0 Å². The summed E-state index contributed by atoms with van der Waals surface area (Å²) < 4.78 is 11.2. The fourth-order valence-corrected chi connectivity index (χ4v) is 0.674. The first kappa shape index (κ1) is 9.07. The highest BCUT2D eigenvalue weighted by molar-refractivity contribution is 5.97. The lowest BCUT2D eigenvalue weighted by Gasteiger charge is -2.03. The van der Waals surface area contributed by atoms with E-state index >= 15 is 0 Å². The molecule has 0 rings (SSSR count). The predicted octanol–water partition coefficient (Wildman–Crippen LogP) is 1.03. The van der Waals surface area contributed by atoms with Gasteiger partial charge in [-0.2, -0.15) is 0 Å². The Morgan fingerprint density at radius 1 is 1.60 bits per heavy atom. The van der Waals surface area contributed by atoms with E-state index in [2.05, 4.69) is 4.94 Å². The van der Waals surface area contributed by atoms with Crippen LogP contribution in [-0.4, -0.2) is 11.8 Å². The lowest BCUT2D eigenvalue weighted by Crippen LogP contribution is -2.21. The van der Waals surface area contributed by atoms with Crippen LogP contribution in [0.1, 0.15) is 20.3 Å². The molecule has 0 aromatic carbocycles. The van der Waals surface area contributed by atoms with Gasteiger partial charge in [0.1, 0.15) is 11.7 Å². The van der Waals surface area contributed by atoms with E-state index in [0.29, 0.717) is 0 Å². The second-order valence-corrected chi connectivity index (χ2v) is 1.97. The van der Waals surface area contributed by atoms with Crippen LogP contribution in [-0.2, 0) is 14.5 Å².